The van der Waals surface area contributed by atoms with Crippen LogP contribution in [-0.4, -0.2) is 47.2 Å². The summed E-state index contributed by atoms with van der Waals surface area (Å²) in [6.45, 7) is 1.74. The Kier molecular flexibility index (Phi) is 10.3. The molecular formula is C28H26ClF5N2O6. The van der Waals surface area contributed by atoms with Crippen LogP contribution < -0.4 is 15.6 Å². The first-order valence-corrected chi connectivity index (χ1v) is 12.9. The fourth-order valence-corrected chi connectivity index (χ4v) is 4.13. The second-order valence-electron chi connectivity index (χ2n) is 9.87. The van der Waals surface area contributed by atoms with E-state index in [0.29, 0.717) is 5.39 Å². The molecule has 1 N–H and O–H groups in total. The van der Waals surface area contributed by atoms with Gasteiger partial charge in [0.25, 0.3) is 5.56 Å². The van der Waals surface area contributed by atoms with E-state index in [-0.39, 0.29) is 22.9 Å². The number of nitrogens with zero attached hydrogens (tertiary/aromatic N) is 1. The minimum absolute atomic E-state index is 0.0353. The number of benzene rings is 2. The van der Waals surface area contributed by atoms with Crippen molar-refractivity contribution in [2.24, 2.45) is 0 Å². The van der Waals surface area contributed by atoms with Gasteiger partial charge in [-0.2, -0.15) is 8.78 Å². The summed E-state index contributed by atoms with van der Waals surface area (Å²) in [5.41, 5.74) is -2.16. The quantitative estimate of drug-likeness (QED) is 0.175. The molecule has 14 heteroatoms. The molecule has 0 spiro atoms. The molecule has 3 aromatic rings. The zero-order valence-corrected chi connectivity index (χ0v) is 23.4. The Bertz CT molecular complexity index is 1550. The highest BCUT2D eigenvalue weighted by molar-refractivity contribution is 6.31. The van der Waals surface area contributed by atoms with E-state index < -0.39 is 89.6 Å². The van der Waals surface area contributed by atoms with Crippen molar-refractivity contribution in [2.75, 3.05) is 13.3 Å². The van der Waals surface area contributed by atoms with Gasteiger partial charge in [0.05, 0.1) is 6.42 Å². The van der Waals surface area contributed by atoms with Crippen LogP contribution in [0.15, 0.2) is 41.3 Å². The number of fused-ring (bicyclic) bond motifs is 1. The van der Waals surface area contributed by atoms with E-state index in [1.807, 2.05) is 0 Å². The lowest BCUT2D eigenvalue weighted by molar-refractivity contribution is -0.159. The summed E-state index contributed by atoms with van der Waals surface area (Å²) in [5, 5.41) is 3.33. The van der Waals surface area contributed by atoms with Crippen LogP contribution in [0.2, 0.25) is 5.02 Å². The number of carbonyl (C=O) groups excluding carboxylic acids is 3. The summed E-state index contributed by atoms with van der Waals surface area (Å²) in [7, 11) is 0. The van der Waals surface area contributed by atoms with E-state index in [1.54, 1.807) is 25.1 Å². The third-order valence-corrected chi connectivity index (χ3v) is 6.37. The Morgan fingerprint density at radius 2 is 1.69 bits per heavy atom. The highest BCUT2D eigenvalue weighted by Gasteiger charge is 2.32. The third kappa shape index (κ3) is 7.44. The van der Waals surface area contributed by atoms with Crippen LogP contribution in [0, 0.1) is 23.3 Å². The fourth-order valence-electron chi connectivity index (χ4n) is 3.96. The van der Waals surface area contributed by atoms with Gasteiger partial charge in [0, 0.05) is 22.7 Å². The van der Waals surface area contributed by atoms with Crippen molar-refractivity contribution in [2.45, 2.75) is 51.3 Å². The van der Waals surface area contributed by atoms with Crippen molar-refractivity contribution in [3.63, 3.8) is 0 Å². The summed E-state index contributed by atoms with van der Waals surface area (Å²) in [4.78, 5) is 52.0. The Hall–Kier alpha value is -4.00. The second-order valence-corrected chi connectivity index (χ2v) is 10.3. The standard InChI is InChI=1S/C28H26ClF5N2O6/c1-4-20(36-8-7-14-5-6-15(29)9-16(14)27(36)40)26(39)35-19(11-22(38)42-28(2,3)13-30)21(37)12-41-25-23(33)17(31)10-18(32)24(25)34/h5-10,19-20H,4,11-13H2,1-3H3,(H,35,39)/t19?,20-/m0/s1. The lowest BCUT2D eigenvalue weighted by atomic mass is 10.1. The monoisotopic (exact) mass is 616 g/mol. The first-order chi connectivity index (χ1) is 19.7. The molecular weight excluding hydrogens is 591 g/mol. The lowest BCUT2D eigenvalue weighted by Gasteiger charge is -2.25. The van der Waals surface area contributed by atoms with E-state index in [4.69, 9.17) is 21.1 Å². The van der Waals surface area contributed by atoms with Crippen molar-refractivity contribution in [3.05, 3.63) is 75.2 Å². The first-order valence-electron chi connectivity index (χ1n) is 12.6. The zero-order valence-electron chi connectivity index (χ0n) is 22.6. The summed E-state index contributed by atoms with van der Waals surface area (Å²) in [6.07, 6.45) is 0.514. The molecule has 226 valence electrons. The summed E-state index contributed by atoms with van der Waals surface area (Å²) in [6, 6.07) is 3.14. The SMILES string of the molecule is CC[C@@H](C(=O)NC(CC(=O)OC(C)(C)CF)C(=O)COc1c(F)c(F)cc(F)c1F)n1ccc2ccc(Cl)cc2c1=O. The second kappa shape index (κ2) is 13.3. The normalized spacial score (nSPS) is 13.0. The van der Waals surface area contributed by atoms with E-state index in [2.05, 4.69) is 5.32 Å². The largest absolute Gasteiger partial charge is 0.479 e. The Labute approximate surface area is 241 Å². The van der Waals surface area contributed by atoms with Crippen molar-refractivity contribution >= 4 is 40.0 Å². The predicted octanol–water partition coefficient (Wildman–Crippen LogP) is 4.98. The number of ether oxygens (including phenoxy) is 2. The topological polar surface area (TPSA) is 104 Å². The Morgan fingerprint density at radius 3 is 2.29 bits per heavy atom. The average Bonchev–Trinajstić information content (AvgIpc) is 2.93. The number of Topliss-reactive ketones (excluding diaryl/α,β-unsaturated/α-hetero) is 1. The Balaban J connectivity index is 1.90. The van der Waals surface area contributed by atoms with Crippen LogP contribution >= 0.6 is 11.6 Å². The molecule has 0 aliphatic heterocycles. The molecule has 0 saturated heterocycles. The molecule has 1 amide bonds. The number of carbonyl (C=O) groups is 3. The Morgan fingerprint density at radius 1 is 1.05 bits per heavy atom. The van der Waals surface area contributed by atoms with Gasteiger partial charge < -0.3 is 19.4 Å². The minimum Gasteiger partial charge on any atom is -0.479 e. The molecule has 8 nitrogen and oxygen atoms in total. The van der Waals surface area contributed by atoms with Crippen molar-refractivity contribution in [1.29, 1.82) is 0 Å². The minimum atomic E-state index is -1.91. The van der Waals surface area contributed by atoms with E-state index in [0.717, 1.165) is 4.57 Å². The van der Waals surface area contributed by atoms with Gasteiger partial charge in [-0.1, -0.05) is 24.6 Å². The predicted molar refractivity (Wildman–Crippen MR) is 142 cm³/mol. The maximum absolute atomic E-state index is 14.0. The molecule has 0 aliphatic rings. The lowest BCUT2D eigenvalue weighted by Crippen LogP contribution is -2.48. The van der Waals surface area contributed by atoms with Gasteiger partial charge in [-0.05, 0) is 43.9 Å². The van der Waals surface area contributed by atoms with E-state index in [9.17, 15) is 41.1 Å². The molecule has 1 unspecified atom stereocenters. The molecule has 0 fully saturated rings. The van der Waals surface area contributed by atoms with E-state index in [1.165, 1.54) is 26.1 Å². The summed E-state index contributed by atoms with van der Waals surface area (Å²) in [5.74, 6) is -12.1. The molecule has 3 rings (SSSR count). The smallest absolute Gasteiger partial charge is 0.308 e. The van der Waals surface area contributed by atoms with Crippen molar-refractivity contribution in [1.82, 2.24) is 9.88 Å². The summed E-state index contributed by atoms with van der Waals surface area (Å²) < 4.78 is 79.1. The molecule has 2 atom stereocenters. The first kappa shape index (κ1) is 32.5. The molecule has 2 aromatic carbocycles. The number of nitrogens with one attached hydrogen (secondary N) is 1. The van der Waals surface area contributed by atoms with Gasteiger partial charge in [-0.3, -0.25) is 19.2 Å². The van der Waals surface area contributed by atoms with Crippen LogP contribution in [-0.2, 0) is 19.1 Å². The van der Waals surface area contributed by atoms with Crippen molar-refractivity contribution in [3.8, 4) is 5.75 Å². The number of hydrogen-bond donors (Lipinski definition) is 1. The van der Waals surface area contributed by atoms with Gasteiger partial charge in [0.1, 0.15) is 31.0 Å². The number of aromatic nitrogens is 1. The zero-order chi connectivity index (χ0) is 31.4. The van der Waals surface area contributed by atoms with Crippen LogP contribution in [0.4, 0.5) is 22.0 Å². The highest BCUT2D eigenvalue weighted by atomic mass is 35.5. The number of esters is 1. The number of hydrogen-bond acceptors (Lipinski definition) is 6. The van der Waals surface area contributed by atoms with Gasteiger partial charge in [-0.15, -0.1) is 0 Å². The number of ketones is 1. The number of amides is 1. The van der Waals surface area contributed by atoms with Crippen LogP contribution in [0.25, 0.3) is 10.8 Å². The maximum atomic E-state index is 14.0. The van der Waals surface area contributed by atoms with Crippen LogP contribution in [0.3, 0.4) is 0 Å². The van der Waals surface area contributed by atoms with Crippen LogP contribution in [0.5, 0.6) is 5.75 Å². The van der Waals surface area contributed by atoms with Gasteiger partial charge in [-0.25, -0.2) is 13.2 Å². The van der Waals surface area contributed by atoms with E-state index >= 15 is 0 Å². The van der Waals surface area contributed by atoms with Gasteiger partial charge in [0.15, 0.2) is 23.2 Å². The number of rotatable bonds is 12. The highest BCUT2D eigenvalue weighted by Crippen LogP contribution is 2.26. The van der Waals surface area contributed by atoms with Crippen LogP contribution in [0.1, 0.15) is 39.7 Å². The molecule has 0 saturated carbocycles. The van der Waals surface area contributed by atoms with Gasteiger partial charge in [0.2, 0.25) is 17.5 Å². The third-order valence-electron chi connectivity index (χ3n) is 6.14. The fraction of sp³-hybridized carbons (Fsp3) is 0.357. The molecule has 42 heavy (non-hydrogen) atoms. The van der Waals surface area contributed by atoms with Gasteiger partial charge >= 0.3 is 5.97 Å². The molecule has 1 heterocycles. The average molecular weight is 617 g/mol. The molecule has 0 bridgehead atoms. The molecule has 1 aromatic heterocycles. The summed E-state index contributed by atoms with van der Waals surface area (Å²) >= 11 is 6.01. The molecule has 0 aliphatic carbocycles. The molecule has 0 radical (unpaired) electrons. The number of alkyl halides is 1. The number of halogens is 6. The maximum Gasteiger partial charge on any atom is 0.308 e. The van der Waals surface area contributed by atoms with Crippen molar-refractivity contribution < 1.29 is 45.8 Å². The number of pyridine rings is 1.